The third-order valence-corrected chi connectivity index (χ3v) is 14.7. The van der Waals surface area contributed by atoms with Crippen LogP contribution >= 0.6 is 35.2 Å². The lowest BCUT2D eigenvalue weighted by atomic mass is 9.87. The van der Waals surface area contributed by atoms with Gasteiger partial charge in [0.05, 0.1) is 19.5 Å². The van der Waals surface area contributed by atoms with Crippen molar-refractivity contribution in [3.63, 3.8) is 0 Å². The van der Waals surface area contributed by atoms with Gasteiger partial charge in [0.2, 0.25) is 11.8 Å². The number of hydrogen-bond acceptors (Lipinski definition) is 18. The molecule has 2 aromatic rings. The van der Waals surface area contributed by atoms with Crippen molar-refractivity contribution in [3.05, 3.63) is 12.7 Å². The summed E-state index contributed by atoms with van der Waals surface area (Å²) in [4.78, 5) is 88.4. The molecular weight excluding hydrogens is 951 g/mol. The van der Waals surface area contributed by atoms with Crippen molar-refractivity contribution >= 4 is 69.1 Å². The maximum atomic E-state index is 12.7. The number of carbonyl (C=O) groups is 3. The minimum absolute atomic E-state index is 0.0336. The van der Waals surface area contributed by atoms with E-state index >= 15 is 0 Å². The highest BCUT2D eigenvalue weighted by atomic mass is 32.2. The maximum absolute atomic E-state index is 12.7. The van der Waals surface area contributed by atoms with Crippen LogP contribution in [-0.2, 0) is 50.7 Å². The number of anilines is 1. The van der Waals surface area contributed by atoms with E-state index in [0.717, 1.165) is 54.2 Å². The van der Waals surface area contributed by atoms with Gasteiger partial charge in [0.25, 0.3) is 0 Å². The number of aromatic nitrogens is 4. The number of phosphoric acid groups is 3. The molecule has 1 aliphatic heterocycles. The lowest BCUT2D eigenvalue weighted by molar-refractivity contribution is -0.137. The molecule has 0 spiro atoms. The fourth-order valence-electron chi connectivity index (χ4n) is 6.90. The minimum atomic E-state index is -5.57. The van der Waals surface area contributed by atoms with Gasteiger partial charge < -0.3 is 50.9 Å². The Labute approximate surface area is 388 Å². The zero-order valence-corrected chi connectivity index (χ0v) is 41.3. The molecule has 0 aliphatic carbocycles. The van der Waals surface area contributed by atoms with Gasteiger partial charge in [-0.2, -0.15) is 4.31 Å². The van der Waals surface area contributed by atoms with E-state index in [1.165, 1.54) is 71.6 Å². The second kappa shape index (κ2) is 27.7. The van der Waals surface area contributed by atoms with Crippen LogP contribution in [0, 0.1) is 11.3 Å². The van der Waals surface area contributed by atoms with E-state index in [-0.39, 0.29) is 41.6 Å². The predicted octanol–water partition coefficient (Wildman–Crippen LogP) is 4.39. The zero-order valence-electron chi connectivity index (χ0n) is 37.8. The van der Waals surface area contributed by atoms with Crippen LogP contribution < -0.4 is 16.4 Å². The van der Waals surface area contributed by atoms with Crippen molar-refractivity contribution in [1.82, 2.24) is 30.2 Å². The second-order valence-electron chi connectivity index (χ2n) is 16.9. The summed E-state index contributed by atoms with van der Waals surface area (Å²) in [5.41, 5.74) is 4.29. The molecule has 8 unspecified atom stereocenters. The number of unbranched alkanes of at least 4 members (excludes halogenated alkanes) is 8. The van der Waals surface area contributed by atoms with E-state index in [1.54, 1.807) is 0 Å². The van der Waals surface area contributed by atoms with Crippen molar-refractivity contribution in [2.45, 2.75) is 148 Å². The van der Waals surface area contributed by atoms with E-state index in [0.29, 0.717) is 12.2 Å². The highest BCUT2D eigenvalue weighted by Crippen LogP contribution is 2.61. The predicted molar refractivity (Wildman–Crippen MR) is 242 cm³/mol. The molecule has 0 radical (unpaired) electrons. The molecule has 0 aromatic carbocycles. The number of ether oxygens (including phenoxy) is 1. The highest BCUT2D eigenvalue weighted by Gasteiger charge is 2.50. The number of rotatable bonds is 33. The van der Waals surface area contributed by atoms with Gasteiger partial charge in [0.15, 0.2) is 22.8 Å². The minimum Gasteiger partial charge on any atom is -0.386 e. The zero-order chi connectivity index (χ0) is 49.1. The van der Waals surface area contributed by atoms with Crippen molar-refractivity contribution in [3.8, 4) is 0 Å². The van der Waals surface area contributed by atoms with Crippen molar-refractivity contribution in [2.24, 2.45) is 11.3 Å². The van der Waals surface area contributed by atoms with E-state index in [1.807, 2.05) is 0 Å². The Kier molecular flexibility index (Phi) is 24.3. The van der Waals surface area contributed by atoms with E-state index in [9.17, 15) is 57.9 Å². The summed E-state index contributed by atoms with van der Waals surface area (Å²) in [6, 6.07) is 0. The monoisotopic (exact) mass is 1020 g/mol. The fraction of sp³-hybridized carbons (Fsp3) is 0.789. The summed E-state index contributed by atoms with van der Waals surface area (Å²) in [6.07, 6.45) is 8.14. The first-order valence-corrected chi connectivity index (χ1v) is 27.5. The van der Waals surface area contributed by atoms with Crippen LogP contribution in [0.3, 0.4) is 0 Å². The van der Waals surface area contributed by atoms with Crippen LogP contribution in [0.1, 0.15) is 124 Å². The standard InChI is InChI=1S/C38H68N7O17P3S/c1-5-6-7-8-9-12-15-26(2)16-13-10-11-14-17-29(47)66-21-20-40-28(46)18-19-41-36(50)33(49)38(3,4)23-59-65(56,57)62-64(54,55)58-22-27-32(61-63(51,52)53)31(48)37(60-27)45-25-44-30-34(39)42-24-43-35(30)45/h24-27,31-33,37,48-49H,5-23H2,1-4H3,(H,40,46)(H,41,50)(H,54,55)(H,56,57)(H2,39,42,43)(H2,51,52,53). The Morgan fingerprint density at radius 1 is 0.909 bits per heavy atom. The fourth-order valence-corrected chi connectivity index (χ4v) is 10.4. The third kappa shape index (κ3) is 20.7. The van der Waals surface area contributed by atoms with E-state index in [4.69, 9.17) is 19.5 Å². The lowest BCUT2D eigenvalue weighted by Gasteiger charge is -2.30. The van der Waals surface area contributed by atoms with Crippen LogP contribution in [0.2, 0.25) is 0 Å². The molecule has 1 saturated heterocycles. The van der Waals surface area contributed by atoms with Gasteiger partial charge in [-0.3, -0.25) is 32.5 Å². The first-order chi connectivity index (χ1) is 30.9. The van der Waals surface area contributed by atoms with Crippen LogP contribution in [0.4, 0.5) is 5.82 Å². The van der Waals surface area contributed by atoms with Gasteiger partial charge in [-0.25, -0.2) is 28.6 Å². The second-order valence-corrected chi connectivity index (χ2v) is 22.3. The molecule has 28 heteroatoms. The van der Waals surface area contributed by atoms with Crippen molar-refractivity contribution in [2.75, 3.05) is 37.8 Å². The maximum Gasteiger partial charge on any atom is 0.481 e. The molecule has 3 heterocycles. The lowest BCUT2D eigenvalue weighted by Crippen LogP contribution is -2.46. The summed E-state index contributed by atoms with van der Waals surface area (Å²) in [6.45, 7) is 5.13. The molecule has 66 heavy (non-hydrogen) atoms. The number of nitrogens with zero attached hydrogens (tertiary/aromatic N) is 4. The number of nitrogens with one attached hydrogen (secondary N) is 2. The smallest absolute Gasteiger partial charge is 0.386 e. The third-order valence-electron chi connectivity index (χ3n) is 10.6. The number of amides is 2. The number of hydrogen-bond donors (Lipinski definition) is 9. The number of imidazole rings is 1. The van der Waals surface area contributed by atoms with Crippen LogP contribution in [0.5, 0.6) is 0 Å². The van der Waals surface area contributed by atoms with Gasteiger partial charge in [-0.15, -0.1) is 0 Å². The van der Waals surface area contributed by atoms with Crippen molar-refractivity contribution in [1.29, 1.82) is 0 Å². The molecule has 0 bridgehead atoms. The quantitative estimate of drug-likeness (QED) is 0.0353. The van der Waals surface area contributed by atoms with Crippen LogP contribution in [-0.4, -0.2) is 123 Å². The number of thioether (sulfide) groups is 1. The van der Waals surface area contributed by atoms with Gasteiger partial charge in [-0.1, -0.05) is 110 Å². The molecule has 2 amide bonds. The highest BCUT2D eigenvalue weighted by molar-refractivity contribution is 8.13. The molecule has 3 rings (SSSR count). The first-order valence-electron chi connectivity index (χ1n) is 22.0. The van der Waals surface area contributed by atoms with Gasteiger partial charge in [0.1, 0.15) is 36.3 Å². The normalized spacial score (nSPS) is 20.7. The molecule has 24 nitrogen and oxygen atoms in total. The average molecular weight is 1020 g/mol. The largest absolute Gasteiger partial charge is 0.481 e. The number of nitrogen functional groups attached to an aromatic ring is 1. The van der Waals surface area contributed by atoms with Gasteiger partial charge in [0, 0.05) is 37.1 Å². The summed E-state index contributed by atoms with van der Waals surface area (Å²) in [7, 11) is -16.4. The van der Waals surface area contributed by atoms with Gasteiger partial charge in [-0.05, 0) is 12.3 Å². The molecule has 2 aromatic heterocycles. The molecule has 8 atom stereocenters. The average Bonchev–Trinajstić information content (AvgIpc) is 3.80. The Balaban J connectivity index is 1.33. The Morgan fingerprint density at radius 2 is 1.55 bits per heavy atom. The number of aliphatic hydroxyl groups excluding tert-OH is 2. The molecule has 1 fully saturated rings. The SMILES string of the molecule is CCCCCCCCC(C)CCCCCCC(=O)SCCNC(=O)CCNC(=O)C(O)C(C)(C)COP(=O)(O)OP(=O)(O)OCC1OC(n2cnc3c(N)ncnc32)C(O)C1OP(=O)(O)O. The molecular formula is C38H68N7O17P3S. The number of phosphoric ester groups is 3. The Hall–Kier alpha value is -2.44. The van der Waals surface area contributed by atoms with Gasteiger partial charge >= 0.3 is 23.5 Å². The number of carbonyl (C=O) groups excluding carboxylic acids is 3. The van der Waals surface area contributed by atoms with Crippen LogP contribution in [0.25, 0.3) is 11.2 Å². The Bertz CT molecular complexity index is 2000. The summed E-state index contributed by atoms with van der Waals surface area (Å²) >= 11 is 1.15. The molecule has 0 saturated carbocycles. The number of fused-ring (bicyclic) bond motifs is 1. The molecule has 1 aliphatic rings. The number of nitrogens with two attached hydrogens (primary N) is 1. The van der Waals surface area contributed by atoms with E-state index < -0.39 is 84.6 Å². The topological polar surface area (TPSA) is 364 Å². The summed E-state index contributed by atoms with van der Waals surface area (Å²) in [5, 5.41) is 26.7. The summed E-state index contributed by atoms with van der Waals surface area (Å²) in [5.74, 6) is -0.283. The number of aliphatic hydroxyl groups is 2. The van der Waals surface area contributed by atoms with Crippen molar-refractivity contribution < 1.29 is 80.5 Å². The first kappa shape index (κ1) is 57.9. The summed E-state index contributed by atoms with van der Waals surface area (Å²) < 4.78 is 62.4. The molecule has 10 N–H and O–H groups in total. The van der Waals surface area contributed by atoms with Crippen LogP contribution in [0.15, 0.2) is 12.7 Å². The van der Waals surface area contributed by atoms with E-state index in [2.05, 4.69) is 48.3 Å². The molecule has 378 valence electrons. The Morgan fingerprint density at radius 3 is 2.21 bits per heavy atom.